The van der Waals surface area contributed by atoms with Crippen molar-refractivity contribution in [1.29, 1.82) is 0 Å². The summed E-state index contributed by atoms with van der Waals surface area (Å²) in [4.78, 5) is 16.1. The first kappa shape index (κ1) is 16.8. The number of carbonyl (C=O) groups is 1. The molecule has 1 heterocycles. The largest absolute Gasteiger partial charge is 0.320 e. The summed E-state index contributed by atoms with van der Waals surface area (Å²) in [7, 11) is 0. The van der Waals surface area contributed by atoms with Gasteiger partial charge in [0.15, 0.2) is 0 Å². The fourth-order valence-corrected chi connectivity index (χ4v) is 2.88. The fraction of sp³-hybridized carbons (Fsp3) is 0.0769. The Morgan fingerprint density at radius 1 is 1.14 bits per heavy atom. The summed E-state index contributed by atoms with van der Waals surface area (Å²) in [6, 6.07) is 5.43. The van der Waals surface area contributed by atoms with Gasteiger partial charge < -0.3 is 5.32 Å². The van der Waals surface area contributed by atoms with Crippen molar-refractivity contribution < 1.29 is 4.79 Å². The van der Waals surface area contributed by atoms with Crippen molar-refractivity contribution in [3.63, 3.8) is 0 Å². The first-order valence-corrected chi connectivity index (χ1v) is 7.89. The number of pyridine rings is 1. The molecule has 0 saturated heterocycles. The molecule has 1 N–H and O–H groups in total. The molecule has 0 aliphatic rings. The van der Waals surface area contributed by atoms with Crippen molar-refractivity contribution >= 4 is 73.9 Å². The van der Waals surface area contributed by atoms with Crippen molar-refractivity contribution in [2.75, 3.05) is 5.32 Å². The maximum Gasteiger partial charge on any atom is 0.275 e. The zero-order chi connectivity index (χ0) is 15.7. The lowest BCUT2D eigenvalue weighted by molar-refractivity contribution is 0.102. The van der Waals surface area contributed by atoms with Crippen LogP contribution in [-0.2, 0) is 0 Å². The first-order chi connectivity index (χ1) is 9.81. The second kappa shape index (κ2) is 6.71. The predicted molar refractivity (Wildman–Crippen MR) is 91.1 cm³/mol. The van der Waals surface area contributed by atoms with Crippen LogP contribution in [0.25, 0.3) is 0 Å². The summed E-state index contributed by atoms with van der Waals surface area (Å²) in [5.74, 6) is -0.522. The van der Waals surface area contributed by atoms with Gasteiger partial charge in [0, 0.05) is 10.2 Å². The van der Waals surface area contributed by atoms with Crippen LogP contribution in [0, 0.1) is 6.92 Å². The number of rotatable bonds is 2. The van der Waals surface area contributed by atoms with Crippen LogP contribution in [-0.4, -0.2) is 10.9 Å². The van der Waals surface area contributed by atoms with Gasteiger partial charge in [-0.2, -0.15) is 0 Å². The van der Waals surface area contributed by atoms with E-state index in [2.05, 4.69) is 26.2 Å². The van der Waals surface area contributed by atoms with Gasteiger partial charge in [-0.3, -0.25) is 4.79 Å². The summed E-state index contributed by atoms with van der Waals surface area (Å²) < 4.78 is 0.909. The Morgan fingerprint density at radius 3 is 2.43 bits per heavy atom. The molecule has 0 aliphatic heterocycles. The highest BCUT2D eigenvalue weighted by Crippen LogP contribution is 2.36. The van der Waals surface area contributed by atoms with Crippen LogP contribution in [0.1, 0.15) is 16.1 Å². The number of benzene rings is 1. The van der Waals surface area contributed by atoms with Crippen molar-refractivity contribution in [2.45, 2.75) is 6.92 Å². The SMILES string of the molecule is Cc1cc(Br)ccc1NC(=O)c1nc(Cl)c(Cl)c(Cl)c1Cl. The fourth-order valence-electron chi connectivity index (χ4n) is 1.59. The molecule has 0 radical (unpaired) electrons. The zero-order valence-electron chi connectivity index (χ0n) is 10.5. The van der Waals surface area contributed by atoms with Crippen molar-refractivity contribution in [3.05, 3.63) is 54.2 Å². The van der Waals surface area contributed by atoms with Crippen molar-refractivity contribution in [2.24, 2.45) is 0 Å². The average Bonchev–Trinajstić information content (AvgIpc) is 2.43. The van der Waals surface area contributed by atoms with E-state index in [0.29, 0.717) is 5.69 Å². The Hall–Kier alpha value is -0.520. The van der Waals surface area contributed by atoms with Crippen molar-refractivity contribution in [1.82, 2.24) is 4.98 Å². The van der Waals surface area contributed by atoms with E-state index in [1.807, 2.05) is 13.0 Å². The van der Waals surface area contributed by atoms with Gasteiger partial charge in [-0.25, -0.2) is 4.98 Å². The number of hydrogen-bond donors (Lipinski definition) is 1. The van der Waals surface area contributed by atoms with E-state index in [1.165, 1.54) is 0 Å². The molecule has 0 saturated carbocycles. The quantitative estimate of drug-likeness (QED) is 0.594. The minimum atomic E-state index is -0.522. The van der Waals surface area contributed by atoms with E-state index >= 15 is 0 Å². The van der Waals surface area contributed by atoms with Crippen LogP contribution in [0.3, 0.4) is 0 Å². The molecule has 3 nitrogen and oxygen atoms in total. The molecule has 2 aromatic rings. The van der Waals surface area contributed by atoms with Gasteiger partial charge in [-0.1, -0.05) is 62.3 Å². The van der Waals surface area contributed by atoms with E-state index in [0.717, 1.165) is 10.0 Å². The Morgan fingerprint density at radius 2 is 1.81 bits per heavy atom. The number of hydrogen-bond acceptors (Lipinski definition) is 2. The normalized spacial score (nSPS) is 10.6. The molecule has 1 aromatic heterocycles. The van der Waals surface area contributed by atoms with E-state index in [-0.39, 0.29) is 25.9 Å². The van der Waals surface area contributed by atoms with Crippen LogP contribution >= 0.6 is 62.3 Å². The smallest absolute Gasteiger partial charge is 0.275 e. The third kappa shape index (κ3) is 3.63. The topological polar surface area (TPSA) is 42.0 Å². The third-order valence-electron chi connectivity index (χ3n) is 2.64. The number of aromatic nitrogens is 1. The standard InChI is InChI=1S/C13H7BrCl4N2O/c1-5-4-6(14)2-3-7(5)19-13(21)11-9(16)8(15)10(17)12(18)20-11/h2-4H,1H3,(H,19,21). The van der Waals surface area contributed by atoms with Gasteiger partial charge in [0.2, 0.25) is 0 Å². The lowest BCUT2D eigenvalue weighted by atomic mass is 10.2. The molecule has 0 spiro atoms. The number of nitrogens with zero attached hydrogens (tertiary/aromatic N) is 1. The maximum absolute atomic E-state index is 12.3. The highest BCUT2D eigenvalue weighted by atomic mass is 79.9. The van der Waals surface area contributed by atoms with Crippen LogP contribution in [0.2, 0.25) is 20.2 Å². The summed E-state index contributed by atoms with van der Waals surface area (Å²) in [5, 5.41) is 2.59. The molecule has 8 heteroatoms. The van der Waals surface area contributed by atoms with Gasteiger partial charge in [0.25, 0.3) is 5.91 Å². The van der Waals surface area contributed by atoms with Gasteiger partial charge >= 0.3 is 0 Å². The third-order valence-corrected chi connectivity index (χ3v) is 4.81. The number of halogens is 5. The van der Waals surface area contributed by atoms with Crippen LogP contribution in [0.5, 0.6) is 0 Å². The van der Waals surface area contributed by atoms with E-state index < -0.39 is 5.91 Å². The highest BCUT2D eigenvalue weighted by molar-refractivity contribution is 9.10. The maximum atomic E-state index is 12.3. The van der Waals surface area contributed by atoms with E-state index in [1.54, 1.807) is 12.1 Å². The molecule has 0 fully saturated rings. The first-order valence-electron chi connectivity index (χ1n) is 5.58. The predicted octanol–water partition coefficient (Wildman–Crippen LogP) is 6.02. The summed E-state index contributed by atoms with van der Waals surface area (Å²) in [6.07, 6.45) is 0. The summed E-state index contributed by atoms with van der Waals surface area (Å²) in [6.45, 7) is 1.86. The molecule has 110 valence electrons. The lowest BCUT2D eigenvalue weighted by Crippen LogP contribution is -2.15. The highest BCUT2D eigenvalue weighted by Gasteiger charge is 2.20. The Balaban J connectivity index is 2.37. The Labute approximate surface area is 149 Å². The van der Waals surface area contributed by atoms with Crippen LogP contribution in [0.4, 0.5) is 5.69 Å². The second-order valence-electron chi connectivity index (χ2n) is 4.11. The lowest BCUT2D eigenvalue weighted by Gasteiger charge is -2.11. The molecule has 21 heavy (non-hydrogen) atoms. The molecule has 0 atom stereocenters. The Kier molecular flexibility index (Phi) is 5.38. The number of nitrogens with one attached hydrogen (secondary N) is 1. The van der Waals surface area contributed by atoms with Crippen LogP contribution in [0.15, 0.2) is 22.7 Å². The summed E-state index contributed by atoms with van der Waals surface area (Å²) in [5.41, 5.74) is 1.42. The summed E-state index contributed by atoms with van der Waals surface area (Å²) >= 11 is 26.9. The van der Waals surface area contributed by atoms with Gasteiger partial charge in [0.1, 0.15) is 10.8 Å². The van der Waals surface area contributed by atoms with E-state index in [4.69, 9.17) is 46.4 Å². The monoisotopic (exact) mass is 426 g/mol. The number of anilines is 1. The van der Waals surface area contributed by atoms with Gasteiger partial charge in [-0.05, 0) is 30.7 Å². The van der Waals surface area contributed by atoms with E-state index in [9.17, 15) is 4.79 Å². The molecule has 0 aliphatic carbocycles. The average molecular weight is 429 g/mol. The molecule has 0 bridgehead atoms. The molecule has 0 unspecified atom stereocenters. The zero-order valence-corrected chi connectivity index (χ0v) is 15.1. The van der Waals surface area contributed by atoms with Crippen molar-refractivity contribution in [3.8, 4) is 0 Å². The van der Waals surface area contributed by atoms with Gasteiger partial charge in [-0.15, -0.1) is 0 Å². The number of amides is 1. The second-order valence-corrected chi connectivity index (χ2v) is 6.51. The molecular formula is C13H7BrCl4N2O. The number of aryl methyl sites for hydroxylation is 1. The minimum absolute atomic E-state index is 0.00369. The molecule has 2 rings (SSSR count). The van der Waals surface area contributed by atoms with Gasteiger partial charge in [0.05, 0.1) is 15.1 Å². The molecule has 1 amide bonds. The number of carbonyl (C=O) groups excluding carboxylic acids is 1. The molecular weight excluding hydrogens is 422 g/mol. The minimum Gasteiger partial charge on any atom is -0.320 e. The molecule has 1 aromatic carbocycles. The van der Waals surface area contributed by atoms with Crippen LogP contribution < -0.4 is 5.32 Å². The Bertz CT molecular complexity index is 737.